The van der Waals surface area contributed by atoms with Gasteiger partial charge in [-0.3, -0.25) is 6.08 Å². The molecule has 0 bridgehead atoms. The average Bonchev–Trinajstić information content (AvgIpc) is 3.00. The predicted octanol–water partition coefficient (Wildman–Crippen LogP) is 4.66. The number of rotatable bonds is 1. The summed E-state index contributed by atoms with van der Waals surface area (Å²) < 4.78 is 0. The van der Waals surface area contributed by atoms with Crippen LogP contribution in [0, 0.1) is 6.08 Å². The first-order valence-electron chi connectivity index (χ1n) is 5.79. The van der Waals surface area contributed by atoms with Crippen LogP contribution in [0.3, 0.4) is 0 Å². The standard InChI is InChI=1S/C12H10.C5H5.Fe/c1-3-7-11(8-4-1)12-9-5-2-6-10-12;1-2-4-5-3-1;/h1-10H;1-3H,4H2;/q;-1;. The summed E-state index contributed by atoms with van der Waals surface area (Å²) in [6, 6.07) is 20.8. The molecule has 0 saturated carbocycles. The summed E-state index contributed by atoms with van der Waals surface area (Å²) in [5, 5.41) is 0. The second-order valence-electron chi connectivity index (χ2n) is 3.74. The minimum atomic E-state index is 0. The van der Waals surface area contributed by atoms with Crippen LogP contribution >= 0.6 is 0 Å². The van der Waals surface area contributed by atoms with E-state index in [1.165, 1.54) is 11.1 Å². The largest absolute Gasteiger partial charge is 0.273 e. The Kier molecular flexibility index (Phi) is 6.86. The van der Waals surface area contributed by atoms with E-state index in [-0.39, 0.29) is 17.1 Å². The minimum absolute atomic E-state index is 0. The number of hydrogen-bond acceptors (Lipinski definition) is 0. The maximum Gasteiger partial charge on any atom is 0 e. The molecule has 0 fully saturated rings. The zero-order chi connectivity index (χ0) is 11.8. The summed E-state index contributed by atoms with van der Waals surface area (Å²) >= 11 is 0. The molecular weight excluding hydrogens is 260 g/mol. The molecule has 0 amide bonds. The van der Waals surface area contributed by atoms with Gasteiger partial charge < -0.3 is 0 Å². The van der Waals surface area contributed by atoms with Gasteiger partial charge in [-0.15, -0.1) is 6.42 Å². The van der Waals surface area contributed by atoms with Crippen LogP contribution in [0.2, 0.25) is 0 Å². The van der Waals surface area contributed by atoms with Gasteiger partial charge in [0.25, 0.3) is 0 Å². The molecule has 1 heteroatoms. The molecule has 92 valence electrons. The van der Waals surface area contributed by atoms with Crippen LogP contribution < -0.4 is 0 Å². The van der Waals surface area contributed by atoms with Gasteiger partial charge in [-0.25, -0.2) is 12.2 Å². The fourth-order valence-electron chi connectivity index (χ4n) is 1.60. The normalized spacial score (nSPS) is 11.3. The summed E-state index contributed by atoms with van der Waals surface area (Å²) in [5.41, 5.74) is 2.55. The fraction of sp³-hybridized carbons (Fsp3) is 0.0588. The summed E-state index contributed by atoms with van der Waals surface area (Å²) in [5.74, 6) is 0. The Morgan fingerprint density at radius 2 is 1.22 bits per heavy atom. The summed E-state index contributed by atoms with van der Waals surface area (Å²) in [6.07, 6.45) is 10.0. The van der Waals surface area contributed by atoms with Crippen molar-refractivity contribution in [3.05, 3.63) is 85.0 Å². The molecule has 2 aromatic rings. The SMILES string of the molecule is [C-]1=CC=CC1.[Fe].c1ccc(-c2ccccc2)cc1. The molecule has 0 N–H and O–H groups in total. The molecule has 2 aromatic carbocycles. The van der Waals surface area contributed by atoms with E-state index in [2.05, 4.69) is 60.7 Å². The van der Waals surface area contributed by atoms with Crippen molar-refractivity contribution in [3.8, 4) is 11.1 Å². The Labute approximate surface area is 120 Å². The van der Waals surface area contributed by atoms with Crippen LogP contribution in [0.25, 0.3) is 11.1 Å². The van der Waals surface area contributed by atoms with Gasteiger partial charge in [-0.1, -0.05) is 60.7 Å². The zero-order valence-electron chi connectivity index (χ0n) is 10.1. The average molecular weight is 275 g/mol. The van der Waals surface area contributed by atoms with Crippen molar-refractivity contribution in [2.24, 2.45) is 0 Å². The summed E-state index contributed by atoms with van der Waals surface area (Å²) in [7, 11) is 0. The number of benzene rings is 2. The Bertz CT molecular complexity index is 436. The summed E-state index contributed by atoms with van der Waals surface area (Å²) in [6.45, 7) is 0. The first-order chi connectivity index (χ1) is 8.47. The van der Waals surface area contributed by atoms with E-state index in [0.29, 0.717) is 0 Å². The second kappa shape index (κ2) is 8.52. The van der Waals surface area contributed by atoms with Crippen LogP contribution in [0.4, 0.5) is 0 Å². The molecule has 0 atom stereocenters. The summed E-state index contributed by atoms with van der Waals surface area (Å²) in [4.78, 5) is 0. The molecular formula is C17H15Fe-. The Balaban J connectivity index is 0.000000230. The topological polar surface area (TPSA) is 0 Å². The zero-order valence-corrected chi connectivity index (χ0v) is 11.2. The van der Waals surface area contributed by atoms with Gasteiger partial charge in [-0.2, -0.15) is 6.08 Å². The van der Waals surface area contributed by atoms with Gasteiger partial charge in [0.15, 0.2) is 0 Å². The molecule has 0 heterocycles. The quantitative estimate of drug-likeness (QED) is 0.524. The van der Waals surface area contributed by atoms with E-state index in [1.807, 2.05) is 24.3 Å². The maximum atomic E-state index is 2.99. The van der Waals surface area contributed by atoms with Crippen LogP contribution in [-0.2, 0) is 17.1 Å². The molecule has 1 aliphatic rings. The van der Waals surface area contributed by atoms with E-state index in [9.17, 15) is 0 Å². The van der Waals surface area contributed by atoms with Gasteiger partial charge in [0.2, 0.25) is 0 Å². The fourth-order valence-corrected chi connectivity index (χ4v) is 1.60. The van der Waals surface area contributed by atoms with E-state index >= 15 is 0 Å². The van der Waals surface area contributed by atoms with Crippen LogP contribution in [-0.4, -0.2) is 0 Å². The molecule has 0 spiro atoms. The third kappa shape index (κ3) is 4.75. The van der Waals surface area contributed by atoms with Crippen LogP contribution in [0.1, 0.15) is 6.42 Å². The number of allylic oxidation sites excluding steroid dienone is 4. The van der Waals surface area contributed by atoms with Gasteiger partial charge in [0.1, 0.15) is 0 Å². The maximum absolute atomic E-state index is 2.99. The van der Waals surface area contributed by atoms with E-state index in [1.54, 1.807) is 0 Å². The number of hydrogen-bond donors (Lipinski definition) is 0. The molecule has 18 heavy (non-hydrogen) atoms. The van der Waals surface area contributed by atoms with Crippen molar-refractivity contribution in [3.63, 3.8) is 0 Å². The molecule has 1 aliphatic carbocycles. The van der Waals surface area contributed by atoms with Crippen molar-refractivity contribution in [2.75, 3.05) is 0 Å². The smallest absolute Gasteiger partial charge is 0 e. The van der Waals surface area contributed by atoms with Gasteiger partial charge in [-0.05, 0) is 11.1 Å². The molecule has 3 rings (SSSR count). The van der Waals surface area contributed by atoms with Crippen LogP contribution in [0.15, 0.2) is 78.9 Å². The minimum Gasteiger partial charge on any atom is -0.273 e. The molecule has 0 nitrogen and oxygen atoms in total. The van der Waals surface area contributed by atoms with E-state index in [4.69, 9.17) is 0 Å². The Hall–Kier alpha value is -1.56. The van der Waals surface area contributed by atoms with Crippen molar-refractivity contribution in [2.45, 2.75) is 6.42 Å². The van der Waals surface area contributed by atoms with Gasteiger partial charge in [0.05, 0.1) is 0 Å². The monoisotopic (exact) mass is 275 g/mol. The van der Waals surface area contributed by atoms with Crippen molar-refractivity contribution >= 4 is 0 Å². The second-order valence-corrected chi connectivity index (χ2v) is 3.74. The molecule has 0 saturated heterocycles. The first kappa shape index (κ1) is 14.5. The molecule has 0 aromatic heterocycles. The van der Waals surface area contributed by atoms with E-state index in [0.717, 1.165) is 6.42 Å². The Morgan fingerprint density at radius 3 is 1.50 bits per heavy atom. The third-order valence-corrected chi connectivity index (χ3v) is 2.47. The molecule has 0 unspecified atom stereocenters. The van der Waals surface area contributed by atoms with Crippen molar-refractivity contribution < 1.29 is 17.1 Å². The third-order valence-electron chi connectivity index (χ3n) is 2.47. The first-order valence-corrected chi connectivity index (χ1v) is 5.79. The van der Waals surface area contributed by atoms with Crippen molar-refractivity contribution in [1.82, 2.24) is 0 Å². The van der Waals surface area contributed by atoms with Crippen molar-refractivity contribution in [1.29, 1.82) is 0 Å². The van der Waals surface area contributed by atoms with Gasteiger partial charge in [0, 0.05) is 17.1 Å². The van der Waals surface area contributed by atoms with Crippen LogP contribution in [0.5, 0.6) is 0 Å². The molecule has 0 aliphatic heterocycles. The Morgan fingerprint density at radius 1 is 0.722 bits per heavy atom. The van der Waals surface area contributed by atoms with E-state index < -0.39 is 0 Å². The predicted molar refractivity (Wildman–Crippen MR) is 73.4 cm³/mol. The molecule has 0 radical (unpaired) electrons. The van der Waals surface area contributed by atoms with Gasteiger partial charge >= 0.3 is 0 Å².